The van der Waals surface area contributed by atoms with Crippen LogP contribution in [0.25, 0.3) is 0 Å². The van der Waals surface area contributed by atoms with Gasteiger partial charge in [-0.1, -0.05) is 0 Å². The van der Waals surface area contributed by atoms with Crippen molar-refractivity contribution in [2.45, 2.75) is 11.5 Å². The quantitative estimate of drug-likeness (QED) is 0.747. The molecule has 1 heterocycles. The third kappa shape index (κ3) is 2.04. The van der Waals surface area contributed by atoms with Gasteiger partial charge in [-0.3, -0.25) is 0 Å². The first-order chi connectivity index (χ1) is 5.65. The summed E-state index contributed by atoms with van der Waals surface area (Å²) >= 11 is 0. The molecule has 0 radical (unpaired) electrons. The molecule has 1 rings (SSSR count). The number of nitrogens with zero attached hydrogens (tertiary/aromatic N) is 1. The Bertz CT molecular complexity index is 281. The zero-order chi connectivity index (χ0) is 9.14. The number of pyridine rings is 1. The van der Waals surface area contributed by atoms with Crippen molar-refractivity contribution in [3.63, 3.8) is 0 Å². The van der Waals surface area contributed by atoms with Crippen LogP contribution in [0.15, 0.2) is 17.3 Å². The normalized spacial score (nSPS) is 10.8. The van der Waals surface area contributed by atoms with Crippen LogP contribution in [0.1, 0.15) is 12.0 Å². The Morgan fingerprint density at radius 2 is 2.17 bits per heavy atom. The van der Waals surface area contributed by atoms with Crippen molar-refractivity contribution in [3.8, 4) is 0 Å². The summed E-state index contributed by atoms with van der Waals surface area (Å²) in [6.07, 6.45) is -2.11. The predicted molar refractivity (Wildman–Crippen MR) is 40.9 cm³/mol. The van der Waals surface area contributed by atoms with Gasteiger partial charge in [0.25, 0.3) is 6.43 Å². The number of rotatable bonds is 2. The van der Waals surface area contributed by atoms with Crippen molar-refractivity contribution >= 4 is 21.7 Å². The standard InChI is InChI=1S/C6H3ClF3NS/c7-12-5-1-3(6(9)10)4(8)2-11-5/h1-2,6H. The molecule has 12 heavy (non-hydrogen) atoms. The first-order valence-electron chi connectivity index (χ1n) is 2.87. The highest BCUT2D eigenvalue weighted by molar-refractivity contribution is 8.21. The van der Waals surface area contributed by atoms with E-state index < -0.39 is 17.8 Å². The smallest absolute Gasteiger partial charge is 0.246 e. The maximum absolute atomic E-state index is 12.6. The van der Waals surface area contributed by atoms with E-state index in [0.717, 1.165) is 12.3 Å². The molecular formula is C6H3ClF3NS. The minimum Gasteiger partial charge on any atom is -0.246 e. The minimum atomic E-state index is -2.84. The molecular weight excluding hydrogens is 211 g/mol. The van der Waals surface area contributed by atoms with E-state index in [9.17, 15) is 13.2 Å². The Morgan fingerprint density at radius 1 is 1.50 bits per heavy atom. The summed E-state index contributed by atoms with van der Waals surface area (Å²) in [7, 11) is 5.91. The molecule has 0 aromatic carbocycles. The fourth-order valence-electron chi connectivity index (χ4n) is 0.643. The van der Waals surface area contributed by atoms with Crippen LogP contribution < -0.4 is 0 Å². The van der Waals surface area contributed by atoms with E-state index in [-0.39, 0.29) is 5.03 Å². The van der Waals surface area contributed by atoms with Crippen molar-refractivity contribution in [2.24, 2.45) is 0 Å². The van der Waals surface area contributed by atoms with Gasteiger partial charge in [0.1, 0.15) is 10.8 Å². The summed E-state index contributed by atoms with van der Waals surface area (Å²) in [6, 6.07) is 0.928. The molecule has 0 saturated heterocycles. The second kappa shape index (κ2) is 4.00. The van der Waals surface area contributed by atoms with E-state index in [1.807, 2.05) is 0 Å². The van der Waals surface area contributed by atoms with E-state index in [1.165, 1.54) is 0 Å². The molecule has 6 heteroatoms. The van der Waals surface area contributed by atoms with E-state index in [0.29, 0.717) is 11.0 Å². The maximum atomic E-state index is 12.6. The molecule has 0 spiro atoms. The number of hydrogen-bond donors (Lipinski definition) is 0. The molecule has 0 bridgehead atoms. The molecule has 1 aromatic rings. The van der Waals surface area contributed by atoms with Crippen LogP contribution in [0.4, 0.5) is 13.2 Å². The molecule has 0 aliphatic heterocycles. The topological polar surface area (TPSA) is 12.9 Å². The van der Waals surface area contributed by atoms with Crippen LogP contribution in [-0.2, 0) is 0 Å². The van der Waals surface area contributed by atoms with E-state index in [4.69, 9.17) is 10.7 Å². The van der Waals surface area contributed by atoms with Crippen LogP contribution in [0.3, 0.4) is 0 Å². The molecule has 0 fully saturated rings. The average Bonchev–Trinajstić information content (AvgIpc) is 2.05. The van der Waals surface area contributed by atoms with Gasteiger partial charge < -0.3 is 0 Å². The number of aromatic nitrogens is 1. The largest absolute Gasteiger partial charge is 0.266 e. The molecule has 1 nitrogen and oxygen atoms in total. The molecule has 66 valence electrons. The number of alkyl halides is 2. The van der Waals surface area contributed by atoms with Crippen LogP contribution in [0.2, 0.25) is 0 Å². The number of halogens is 4. The molecule has 0 saturated carbocycles. The van der Waals surface area contributed by atoms with Gasteiger partial charge in [0.15, 0.2) is 0 Å². The number of hydrogen-bond acceptors (Lipinski definition) is 2. The molecule has 0 aliphatic carbocycles. The fraction of sp³-hybridized carbons (Fsp3) is 0.167. The van der Waals surface area contributed by atoms with E-state index in [1.54, 1.807) is 0 Å². The van der Waals surface area contributed by atoms with Crippen LogP contribution in [0.5, 0.6) is 0 Å². The average molecular weight is 214 g/mol. The van der Waals surface area contributed by atoms with E-state index >= 15 is 0 Å². The Labute approximate surface area is 75.4 Å². The summed E-state index contributed by atoms with van der Waals surface area (Å²) < 4.78 is 36.6. The summed E-state index contributed by atoms with van der Waals surface area (Å²) in [4.78, 5) is 3.46. The maximum Gasteiger partial charge on any atom is 0.266 e. The SMILES string of the molecule is Fc1cnc(SCl)cc1C(F)F. The second-order valence-electron chi connectivity index (χ2n) is 1.92. The molecule has 0 atom stereocenters. The summed E-state index contributed by atoms with van der Waals surface area (Å²) in [5.41, 5.74) is -0.673. The highest BCUT2D eigenvalue weighted by atomic mass is 35.7. The lowest BCUT2D eigenvalue weighted by Crippen LogP contribution is -1.92. The van der Waals surface area contributed by atoms with Gasteiger partial charge in [0.05, 0.1) is 11.8 Å². The molecule has 0 amide bonds. The van der Waals surface area contributed by atoms with Gasteiger partial charge in [-0.2, -0.15) is 0 Å². The Balaban J connectivity index is 3.08. The van der Waals surface area contributed by atoms with Gasteiger partial charge in [-0.25, -0.2) is 18.2 Å². The first-order valence-corrected chi connectivity index (χ1v) is 4.51. The van der Waals surface area contributed by atoms with Crippen molar-refractivity contribution in [2.75, 3.05) is 0 Å². The summed E-state index contributed by atoms with van der Waals surface area (Å²) in [5.74, 6) is -1.01. The summed E-state index contributed by atoms with van der Waals surface area (Å²) in [6.45, 7) is 0. The molecule has 0 N–H and O–H groups in total. The van der Waals surface area contributed by atoms with Crippen LogP contribution in [0, 0.1) is 5.82 Å². The minimum absolute atomic E-state index is 0.161. The molecule has 1 aromatic heterocycles. The van der Waals surface area contributed by atoms with Gasteiger partial charge in [-0.05, 0) is 16.7 Å². The van der Waals surface area contributed by atoms with Crippen LogP contribution >= 0.6 is 21.7 Å². The predicted octanol–water partition coefficient (Wildman–Crippen LogP) is 3.40. The van der Waals surface area contributed by atoms with Crippen LogP contribution in [-0.4, -0.2) is 4.98 Å². The fourth-order valence-corrected chi connectivity index (χ4v) is 1.16. The van der Waals surface area contributed by atoms with Gasteiger partial charge in [0.2, 0.25) is 0 Å². The highest BCUT2D eigenvalue weighted by Gasteiger charge is 2.14. The van der Waals surface area contributed by atoms with Crippen molar-refractivity contribution in [1.29, 1.82) is 0 Å². The van der Waals surface area contributed by atoms with E-state index in [2.05, 4.69) is 4.98 Å². The van der Waals surface area contributed by atoms with Gasteiger partial charge >= 0.3 is 0 Å². The van der Waals surface area contributed by atoms with Crippen molar-refractivity contribution < 1.29 is 13.2 Å². The Kier molecular flexibility index (Phi) is 3.22. The first kappa shape index (κ1) is 9.67. The Hall–Kier alpha value is -0.420. The van der Waals surface area contributed by atoms with Gasteiger partial charge in [-0.15, -0.1) is 0 Å². The molecule has 0 aliphatic rings. The lowest BCUT2D eigenvalue weighted by atomic mass is 10.3. The van der Waals surface area contributed by atoms with Crippen molar-refractivity contribution in [1.82, 2.24) is 4.98 Å². The van der Waals surface area contributed by atoms with Gasteiger partial charge in [0, 0.05) is 11.0 Å². The third-order valence-electron chi connectivity index (χ3n) is 1.17. The zero-order valence-electron chi connectivity index (χ0n) is 5.60. The summed E-state index contributed by atoms with van der Waals surface area (Å²) in [5, 5.41) is 0.161. The monoisotopic (exact) mass is 213 g/mol. The molecule has 0 unspecified atom stereocenters. The Morgan fingerprint density at radius 3 is 2.67 bits per heavy atom. The van der Waals surface area contributed by atoms with Crippen molar-refractivity contribution in [3.05, 3.63) is 23.6 Å². The lowest BCUT2D eigenvalue weighted by Gasteiger charge is -2.01. The third-order valence-corrected chi connectivity index (χ3v) is 2.03. The lowest BCUT2D eigenvalue weighted by molar-refractivity contribution is 0.145. The second-order valence-corrected chi connectivity index (χ2v) is 2.96. The zero-order valence-corrected chi connectivity index (χ0v) is 7.17. The highest BCUT2D eigenvalue weighted by Crippen LogP contribution is 2.27.